The number of carbonyl (C=O) groups excluding carboxylic acids is 1. The highest BCUT2D eigenvalue weighted by Gasteiger charge is 2.11. The fourth-order valence-corrected chi connectivity index (χ4v) is 3.14. The van der Waals surface area contributed by atoms with Crippen molar-refractivity contribution in [2.24, 2.45) is 7.05 Å². The van der Waals surface area contributed by atoms with Gasteiger partial charge in [0.25, 0.3) is 5.91 Å². The standard InChI is InChI=1S/C21H24N2O/c1-15-16(2)23(3)20-12-11-18(14-19(15)20)21(24)22-13-7-10-17-8-5-4-6-9-17/h4-6,8-9,11-12,14H,7,10,13H2,1-3H3,(H,22,24). The third-order valence-corrected chi connectivity index (χ3v) is 4.84. The van der Waals surface area contributed by atoms with Crippen LogP contribution in [0.4, 0.5) is 0 Å². The minimum Gasteiger partial charge on any atom is -0.352 e. The average Bonchev–Trinajstić information content (AvgIpc) is 2.83. The maximum atomic E-state index is 12.4. The lowest BCUT2D eigenvalue weighted by Gasteiger charge is -2.06. The number of rotatable bonds is 5. The SMILES string of the molecule is Cc1c(C)n(C)c2ccc(C(=O)NCCCc3ccccc3)cc12. The summed E-state index contributed by atoms with van der Waals surface area (Å²) in [6, 6.07) is 16.3. The summed E-state index contributed by atoms with van der Waals surface area (Å²) in [7, 11) is 2.06. The lowest BCUT2D eigenvalue weighted by molar-refractivity contribution is 0.0953. The van der Waals surface area contributed by atoms with Crippen LogP contribution in [0.25, 0.3) is 10.9 Å². The molecule has 0 spiro atoms. The van der Waals surface area contributed by atoms with E-state index in [-0.39, 0.29) is 5.91 Å². The van der Waals surface area contributed by atoms with Crippen LogP contribution in [-0.4, -0.2) is 17.0 Å². The van der Waals surface area contributed by atoms with Crippen LogP contribution in [0.3, 0.4) is 0 Å². The van der Waals surface area contributed by atoms with E-state index >= 15 is 0 Å². The van der Waals surface area contributed by atoms with E-state index in [1.807, 2.05) is 36.4 Å². The topological polar surface area (TPSA) is 34.0 Å². The van der Waals surface area contributed by atoms with E-state index in [1.165, 1.54) is 22.3 Å². The monoisotopic (exact) mass is 320 g/mol. The Labute approximate surface area is 143 Å². The van der Waals surface area contributed by atoms with Crippen LogP contribution < -0.4 is 5.32 Å². The predicted octanol–water partition coefficient (Wildman–Crippen LogP) is 4.16. The summed E-state index contributed by atoms with van der Waals surface area (Å²) in [5, 5.41) is 4.19. The van der Waals surface area contributed by atoms with E-state index in [0.29, 0.717) is 6.54 Å². The van der Waals surface area contributed by atoms with E-state index in [1.54, 1.807) is 0 Å². The Balaban J connectivity index is 1.63. The number of benzene rings is 2. The van der Waals surface area contributed by atoms with Crippen LogP contribution in [0.2, 0.25) is 0 Å². The lowest BCUT2D eigenvalue weighted by Crippen LogP contribution is -2.24. The smallest absolute Gasteiger partial charge is 0.251 e. The number of carbonyl (C=O) groups is 1. The first-order chi connectivity index (χ1) is 11.6. The molecule has 3 aromatic rings. The van der Waals surface area contributed by atoms with Gasteiger partial charge in [0.2, 0.25) is 0 Å². The Morgan fingerprint density at radius 1 is 1.08 bits per heavy atom. The molecule has 0 aliphatic rings. The van der Waals surface area contributed by atoms with Crippen molar-refractivity contribution in [3.63, 3.8) is 0 Å². The average molecular weight is 320 g/mol. The molecule has 1 N–H and O–H groups in total. The first kappa shape index (κ1) is 16.3. The molecule has 1 aromatic heterocycles. The molecule has 0 aliphatic carbocycles. The Hall–Kier alpha value is -2.55. The molecular formula is C21H24N2O. The molecule has 0 bridgehead atoms. The van der Waals surface area contributed by atoms with Crippen LogP contribution in [0.15, 0.2) is 48.5 Å². The maximum Gasteiger partial charge on any atom is 0.251 e. The molecule has 1 heterocycles. The Morgan fingerprint density at radius 2 is 1.83 bits per heavy atom. The predicted molar refractivity (Wildman–Crippen MR) is 99.5 cm³/mol. The van der Waals surface area contributed by atoms with Gasteiger partial charge in [-0.15, -0.1) is 0 Å². The Kier molecular flexibility index (Phi) is 4.70. The van der Waals surface area contributed by atoms with E-state index < -0.39 is 0 Å². The molecule has 0 unspecified atom stereocenters. The highest BCUT2D eigenvalue weighted by Crippen LogP contribution is 2.25. The molecule has 1 amide bonds. The second kappa shape index (κ2) is 6.91. The molecule has 0 fully saturated rings. The van der Waals surface area contributed by atoms with Gasteiger partial charge in [-0.05, 0) is 56.0 Å². The molecule has 0 atom stereocenters. The number of aromatic nitrogens is 1. The molecule has 3 nitrogen and oxygen atoms in total. The van der Waals surface area contributed by atoms with Crippen LogP contribution in [0, 0.1) is 13.8 Å². The summed E-state index contributed by atoms with van der Waals surface area (Å²) in [5.41, 5.74) is 5.70. The number of amides is 1. The number of nitrogens with zero attached hydrogens (tertiary/aromatic N) is 1. The van der Waals surface area contributed by atoms with Crippen molar-refractivity contribution < 1.29 is 4.79 Å². The summed E-state index contributed by atoms with van der Waals surface area (Å²) in [6.07, 6.45) is 1.93. The van der Waals surface area contributed by atoms with Crippen molar-refractivity contribution in [3.8, 4) is 0 Å². The molecule has 3 heteroatoms. The van der Waals surface area contributed by atoms with Crippen molar-refractivity contribution in [3.05, 3.63) is 70.9 Å². The number of hydrogen-bond donors (Lipinski definition) is 1. The van der Waals surface area contributed by atoms with Crippen LogP contribution in [0.1, 0.15) is 33.6 Å². The van der Waals surface area contributed by atoms with Crippen LogP contribution in [0.5, 0.6) is 0 Å². The molecule has 3 rings (SSSR count). The Morgan fingerprint density at radius 3 is 2.58 bits per heavy atom. The zero-order valence-electron chi connectivity index (χ0n) is 14.6. The molecule has 0 radical (unpaired) electrons. The number of aryl methyl sites for hydroxylation is 3. The molecular weight excluding hydrogens is 296 g/mol. The summed E-state index contributed by atoms with van der Waals surface area (Å²) >= 11 is 0. The summed E-state index contributed by atoms with van der Waals surface area (Å²) in [4.78, 5) is 12.4. The maximum absolute atomic E-state index is 12.4. The molecule has 0 aliphatic heterocycles. The third kappa shape index (κ3) is 3.21. The zero-order valence-corrected chi connectivity index (χ0v) is 14.6. The van der Waals surface area contributed by atoms with Gasteiger partial charge in [-0.3, -0.25) is 4.79 Å². The molecule has 124 valence electrons. The second-order valence-electron chi connectivity index (χ2n) is 6.35. The fourth-order valence-electron chi connectivity index (χ4n) is 3.14. The number of hydrogen-bond acceptors (Lipinski definition) is 1. The van der Waals surface area contributed by atoms with E-state index in [2.05, 4.69) is 42.9 Å². The zero-order chi connectivity index (χ0) is 17.1. The molecule has 2 aromatic carbocycles. The first-order valence-corrected chi connectivity index (χ1v) is 8.45. The van der Waals surface area contributed by atoms with E-state index in [9.17, 15) is 4.79 Å². The Bertz CT molecular complexity index is 862. The van der Waals surface area contributed by atoms with E-state index in [0.717, 1.165) is 23.8 Å². The highest BCUT2D eigenvalue weighted by molar-refractivity contribution is 5.99. The fraction of sp³-hybridized carbons (Fsp3) is 0.286. The largest absolute Gasteiger partial charge is 0.352 e. The summed E-state index contributed by atoms with van der Waals surface area (Å²) in [5.74, 6) is 0.00543. The minimum atomic E-state index is 0.00543. The van der Waals surface area contributed by atoms with Crippen LogP contribution >= 0.6 is 0 Å². The number of fused-ring (bicyclic) bond motifs is 1. The van der Waals surface area contributed by atoms with Gasteiger partial charge >= 0.3 is 0 Å². The quantitative estimate of drug-likeness (QED) is 0.704. The number of nitrogens with one attached hydrogen (secondary N) is 1. The van der Waals surface area contributed by atoms with Gasteiger partial charge in [-0.2, -0.15) is 0 Å². The molecule has 24 heavy (non-hydrogen) atoms. The molecule has 0 saturated carbocycles. The van der Waals surface area contributed by atoms with Gasteiger partial charge in [0.05, 0.1) is 0 Å². The van der Waals surface area contributed by atoms with Crippen molar-refractivity contribution in [1.29, 1.82) is 0 Å². The van der Waals surface area contributed by atoms with Gasteiger partial charge in [0.15, 0.2) is 0 Å². The van der Waals surface area contributed by atoms with Crippen LogP contribution in [-0.2, 0) is 13.5 Å². The highest BCUT2D eigenvalue weighted by atomic mass is 16.1. The van der Waals surface area contributed by atoms with Gasteiger partial charge < -0.3 is 9.88 Å². The van der Waals surface area contributed by atoms with Crippen molar-refractivity contribution in [2.45, 2.75) is 26.7 Å². The van der Waals surface area contributed by atoms with E-state index in [4.69, 9.17) is 0 Å². The van der Waals surface area contributed by atoms with Crippen molar-refractivity contribution in [1.82, 2.24) is 9.88 Å². The van der Waals surface area contributed by atoms with Gasteiger partial charge in [0.1, 0.15) is 0 Å². The van der Waals surface area contributed by atoms with Crippen molar-refractivity contribution >= 4 is 16.8 Å². The second-order valence-corrected chi connectivity index (χ2v) is 6.35. The van der Waals surface area contributed by atoms with Gasteiger partial charge in [-0.1, -0.05) is 30.3 Å². The van der Waals surface area contributed by atoms with Gasteiger partial charge in [-0.25, -0.2) is 0 Å². The van der Waals surface area contributed by atoms with Gasteiger partial charge in [0, 0.05) is 35.8 Å². The first-order valence-electron chi connectivity index (χ1n) is 8.45. The van der Waals surface area contributed by atoms with Crippen molar-refractivity contribution in [2.75, 3.05) is 6.54 Å². The summed E-state index contributed by atoms with van der Waals surface area (Å²) < 4.78 is 2.17. The normalized spacial score (nSPS) is 11.0. The lowest BCUT2D eigenvalue weighted by atomic mass is 10.1. The molecule has 0 saturated heterocycles. The third-order valence-electron chi connectivity index (χ3n) is 4.84. The minimum absolute atomic E-state index is 0.00543. The summed E-state index contributed by atoms with van der Waals surface area (Å²) in [6.45, 7) is 4.91.